The summed E-state index contributed by atoms with van der Waals surface area (Å²) < 4.78 is 12.2. The zero-order valence-corrected chi connectivity index (χ0v) is 17.7. The second-order valence-electron chi connectivity index (χ2n) is 7.47. The average molecular weight is 402 g/mol. The van der Waals surface area contributed by atoms with Crippen LogP contribution in [0.15, 0.2) is 42.5 Å². The first-order valence-corrected chi connectivity index (χ1v) is 10.3. The number of carbonyl (C=O) groups is 1. The minimum atomic E-state index is -0.617. The van der Waals surface area contributed by atoms with Gasteiger partial charge in [-0.25, -0.2) is 0 Å². The maximum atomic E-state index is 12.9. The summed E-state index contributed by atoms with van der Waals surface area (Å²) in [5.74, 6) is 1.34. The summed E-state index contributed by atoms with van der Waals surface area (Å²) in [5.41, 5.74) is 1.67. The molecule has 1 aliphatic rings. The van der Waals surface area contributed by atoms with Gasteiger partial charge in [-0.3, -0.25) is 4.79 Å². The Bertz CT molecular complexity index is 847. The van der Waals surface area contributed by atoms with Crippen molar-refractivity contribution in [3.8, 4) is 11.5 Å². The van der Waals surface area contributed by atoms with Crippen molar-refractivity contribution in [2.45, 2.75) is 64.7 Å². The third-order valence-corrected chi connectivity index (χ3v) is 6.04. The van der Waals surface area contributed by atoms with Crippen molar-refractivity contribution in [3.63, 3.8) is 0 Å². The smallest absolute Gasteiger partial charge is 0.261 e. The van der Waals surface area contributed by atoms with E-state index in [-0.39, 0.29) is 17.6 Å². The largest absolute Gasteiger partial charge is 0.487 e. The normalized spacial score (nSPS) is 18.5. The highest BCUT2D eigenvalue weighted by molar-refractivity contribution is 6.31. The van der Waals surface area contributed by atoms with Gasteiger partial charge in [0.2, 0.25) is 0 Å². The molecule has 0 radical (unpaired) electrons. The van der Waals surface area contributed by atoms with Crippen LogP contribution >= 0.6 is 11.6 Å². The Morgan fingerprint density at radius 1 is 1.29 bits per heavy atom. The van der Waals surface area contributed by atoms with Crippen LogP contribution in [0.25, 0.3) is 0 Å². The van der Waals surface area contributed by atoms with Crippen molar-refractivity contribution in [1.82, 2.24) is 5.32 Å². The average Bonchev–Trinajstić information content (AvgIpc) is 2.70. The van der Waals surface area contributed by atoms with Crippen molar-refractivity contribution < 1.29 is 14.3 Å². The lowest BCUT2D eigenvalue weighted by atomic mass is 9.83. The third-order valence-electron chi connectivity index (χ3n) is 5.61. The van der Waals surface area contributed by atoms with E-state index in [1.807, 2.05) is 37.3 Å². The van der Waals surface area contributed by atoms with Crippen molar-refractivity contribution in [3.05, 3.63) is 58.6 Å². The molecular formula is C23H28ClNO3. The van der Waals surface area contributed by atoms with Crippen LogP contribution in [0.1, 0.15) is 57.2 Å². The lowest BCUT2D eigenvalue weighted by Crippen LogP contribution is -2.46. The second-order valence-corrected chi connectivity index (χ2v) is 7.87. The Hall–Kier alpha value is -2.20. The molecule has 0 spiro atoms. The van der Waals surface area contributed by atoms with E-state index >= 15 is 0 Å². The van der Waals surface area contributed by atoms with Crippen LogP contribution in [-0.2, 0) is 4.79 Å². The number of fused-ring (bicyclic) bond motifs is 1. The summed E-state index contributed by atoms with van der Waals surface area (Å²) in [6.07, 6.45) is 1.91. The fourth-order valence-corrected chi connectivity index (χ4v) is 3.78. The van der Waals surface area contributed by atoms with E-state index in [0.29, 0.717) is 10.8 Å². The monoisotopic (exact) mass is 401 g/mol. The molecule has 5 heteroatoms. The summed E-state index contributed by atoms with van der Waals surface area (Å²) in [5, 5.41) is 3.85. The van der Waals surface area contributed by atoms with E-state index in [9.17, 15) is 4.79 Å². The molecule has 2 aromatic carbocycles. The molecule has 0 unspecified atom stereocenters. The van der Waals surface area contributed by atoms with Crippen LogP contribution in [0.3, 0.4) is 0 Å². The number of nitrogens with one attached hydrogen (secondary N) is 1. The maximum Gasteiger partial charge on any atom is 0.261 e. The molecule has 150 valence electrons. The van der Waals surface area contributed by atoms with E-state index in [1.54, 1.807) is 19.1 Å². The minimum Gasteiger partial charge on any atom is -0.487 e. The number of halogens is 1. The molecule has 0 saturated heterocycles. The zero-order chi connectivity index (χ0) is 20.3. The van der Waals surface area contributed by atoms with Gasteiger partial charge in [0.15, 0.2) is 6.10 Å². The molecule has 1 aliphatic heterocycles. The second kappa shape index (κ2) is 8.44. The van der Waals surface area contributed by atoms with Gasteiger partial charge < -0.3 is 14.8 Å². The quantitative estimate of drug-likeness (QED) is 0.683. The van der Waals surface area contributed by atoms with E-state index in [0.717, 1.165) is 36.1 Å². The number of hydrogen-bond acceptors (Lipinski definition) is 3. The molecule has 2 aromatic rings. The SMILES string of the molecule is CCC1(CC)C[C@H](NC(=O)[C@@H](C)Oc2ccc(Cl)c(C)c2)c2ccccc2O1. The highest BCUT2D eigenvalue weighted by Crippen LogP contribution is 2.42. The van der Waals surface area contributed by atoms with Gasteiger partial charge in [-0.1, -0.05) is 43.6 Å². The predicted octanol–water partition coefficient (Wildman–Crippen LogP) is 5.61. The molecule has 0 saturated carbocycles. The Kier molecular flexibility index (Phi) is 6.19. The molecule has 2 atom stereocenters. The molecule has 0 aliphatic carbocycles. The van der Waals surface area contributed by atoms with E-state index in [4.69, 9.17) is 21.1 Å². The predicted molar refractivity (Wildman–Crippen MR) is 112 cm³/mol. The number of ether oxygens (including phenoxy) is 2. The van der Waals surface area contributed by atoms with Gasteiger partial charge in [0, 0.05) is 17.0 Å². The summed E-state index contributed by atoms with van der Waals surface area (Å²) in [6, 6.07) is 13.2. The standard InChI is InChI=1S/C23H28ClNO3/c1-5-23(6-2)14-20(18-9-7-8-10-21(18)28-23)25-22(26)16(4)27-17-11-12-19(24)15(3)13-17/h7-13,16,20H,5-6,14H2,1-4H3,(H,25,26)/t16-,20+/m1/s1. The van der Waals surface area contributed by atoms with Gasteiger partial charge in [0.1, 0.15) is 17.1 Å². The van der Waals surface area contributed by atoms with E-state index < -0.39 is 6.10 Å². The highest BCUT2D eigenvalue weighted by atomic mass is 35.5. The fourth-order valence-electron chi connectivity index (χ4n) is 3.67. The third kappa shape index (κ3) is 4.27. The van der Waals surface area contributed by atoms with Crippen LogP contribution in [0.4, 0.5) is 0 Å². The summed E-state index contributed by atoms with van der Waals surface area (Å²) >= 11 is 6.06. The number of para-hydroxylation sites is 1. The molecule has 3 rings (SSSR count). The van der Waals surface area contributed by atoms with Crippen LogP contribution < -0.4 is 14.8 Å². The fraction of sp³-hybridized carbons (Fsp3) is 0.435. The summed E-state index contributed by atoms with van der Waals surface area (Å²) in [7, 11) is 0. The molecule has 0 fully saturated rings. The van der Waals surface area contributed by atoms with E-state index in [1.165, 1.54) is 0 Å². The van der Waals surface area contributed by atoms with Crippen molar-refractivity contribution in [2.75, 3.05) is 0 Å². The van der Waals surface area contributed by atoms with Crippen LogP contribution in [-0.4, -0.2) is 17.6 Å². The lowest BCUT2D eigenvalue weighted by molar-refractivity contribution is -0.128. The first-order valence-electron chi connectivity index (χ1n) is 9.88. The first-order chi connectivity index (χ1) is 13.4. The van der Waals surface area contributed by atoms with Crippen molar-refractivity contribution in [2.24, 2.45) is 0 Å². The Balaban J connectivity index is 1.75. The van der Waals surface area contributed by atoms with E-state index in [2.05, 4.69) is 19.2 Å². The molecule has 1 amide bonds. The van der Waals surface area contributed by atoms with Gasteiger partial charge >= 0.3 is 0 Å². The Labute approximate surface area is 172 Å². The maximum absolute atomic E-state index is 12.9. The molecule has 0 bridgehead atoms. The van der Waals surface area contributed by atoms with Crippen molar-refractivity contribution >= 4 is 17.5 Å². The molecule has 1 heterocycles. The molecule has 0 aromatic heterocycles. The summed E-state index contributed by atoms with van der Waals surface area (Å²) in [6.45, 7) is 7.93. The number of hydrogen-bond donors (Lipinski definition) is 1. The van der Waals surface area contributed by atoms with Gasteiger partial charge in [-0.15, -0.1) is 0 Å². The number of amides is 1. The highest BCUT2D eigenvalue weighted by Gasteiger charge is 2.39. The van der Waals surface area contributed by atoms with Gasteiger partial charge in [0.25, 0.3) is 5.91 Å². The number of benzene rings is 2. The van der Waals surface area contributed by atoms with Crippen LogP contribution in [0.2, 0.25) is 5.02 Å². The van der Waals surface area contributed by atoms with Gasteiger partial charge in [0.05, 0.1) is 6.04 Å². The topological polar surface area (TPSA) is 47.6 Å². The van der Waals surface area contributed by atoms with Gasteiger partial charge in [-0.2, -0.15) is 0 Å². The number of rotatable bonds is 6. The molecule has 1 N–H and O–H groups in total. The molecule has 28 heavy (non-hydrogen) atoms. The lowest BCUT2D eigenvalue weighted by Gasteiger charge is -2.41. The number of carbonyl (C=O) groups excluding carboxylic acids is 1. The van der Waals surface area contributed by atoms with Gasteiger partial charge in [-0.05, 0) is 56.5 Å². The van der Waals surface area contributed by atoms with Crippen LogP contribution in [0.5, 0.6) is 11.5 Å². The minimum absolute atomic E-state index is 0.102. The van der Waals surface area contributed by atoms with Crippen molar-refractivity contribution in [1.29, 1.82) is 0 Å². The molecular weight excluding hydrogens is 374 g/mol. The van der Waals surface area contributed by atoms with Crippen LogP contribution in [0, 0.1) is 6.92 Å². The Morgan fingerprint density at radius 2 is 2.00 bits per heavy atom. The Morgan fingerprint density at radius 3 is 2.68 bits per heavy atom. The zero-order valence-electron chi connectivity index (χ0n) is 16.9. The summed E-state index contributed by atoms with van der Waals surface area (Å²) in [4.78, 5) is 12.9. The number of aryl methyl sites for hydroxylation is 1. The molecule has 4 nitrogen and oxygen atoms in total. The first kappa shape index (κ1) is 20.5.